The lowest BCUT2D eigenvalue weighted by Crippen LogP contribution is -2.28. The lowest BCUT2D eigenvalue weighted by atomic mass is 9.84. The summed E-state index contributed by atoms with van der Waals surface area (Å²) in [6, 6.07) is 14.1. The van der Waals surface area contributed by atoms with E-state index in [9.17, 15) is 9.59 Å². The van der Waals surface area contributed by atoms with Gasteiger partial charge in [0, 0.05) is 17.0 Å². The molecule has 0 aromatic heterocycles. The minimum absolute atomic E-state index is 0.00577. The van der Waals surface area contributed by atoms with Crippen molar-refractivity contribution in [2.45, 2.75) is 19.3 Å². The molecule has 1 N–H and O–H groups in total. The van der Waals surface area contributed by atoms with Crippen LogP contribution in [-0.4, -0.2) is 18.8 Å². The summed E-state index contributed by atoms with van der Waals surface area (Å²) in [5.74, 6) is 0.677. The van der Waals surface area contributed by atoms with Crippen LogP contribution in [0.4, 0.5) is 5.69 Å². The molecule has 1 amide bonds. The number of benzene rings is 2. The molecule has 0 atom stereocenters. The van der Waals surface area contributed by atoms with Gasteiger partial charge in [0.25, 0.3) is 0 Å². The highest BCUT2D eigenvalue weighted by Gasteiger charge is 2.26. The fraction of sp³-hybridized carbons (Fsp3) is 0.263. The Morgan fingerprint density at radius 3 is 2.35 bits per heavy atom. The lowest BCUT2D eigenvalue weighted by molar-refractivity contribution is -0.122. The van der Waals surface area contributed by atoms with E-state index in [0.717, 1.165) is 19.3 Å². The minimum atomic E-state index is -0.114. The Bertz CT molecular complexity index is 718. The van der Waals surface area contributed by atoms with Gasteiger partial charge in [0.05, 0.1) is 12.8 Å². The normalized spacial score (nSPS) is 14.0. The Balaban J connectivity index is 1.83. The number of amides is 1. The van der Waals surface area contributed by atoms with E-state index < -0.39 is 0 Å². The Morgan fingerprint density at radius 1 is 1.04 bits per heavy atom. The monoisotopic (exact) mass is 309 g/mol. The summed E-state index contributed by atoms with van der Waals surface area (Å²) >= 11 is 0. The summed E-state index contributed by atoms with van der Waals surface area (Å²) < 4.78 is 5.11. The van der Waals surface area contributed by atoms with Crippen LogP contribution in [0.5, 0.6) is 5.75 Å². The Labute approximate surface area is 135 Å². The second kappa shape index (κ2) is 6.65. The Morgan fingerprint density at radius 2 is 1.74 bits per heavy atom. The molecular weight excluding hydrogens is 290 g/mol. The molecule has 118 valence electrons. The van der Waals surface area contributed by atoms with Gasteiger partial charge in [0.15, 0.2) is 5.78 Å². The molecule has 1 aliphatic carbocycles. The van der Waals surface area contributed by atoms with Crippen LogP contribution < -0.4 is 10.1 Å². The van der Waals surface area contributed by atoms with Crippen molar-refractivity contribution in [1.29, 1.82) is 0 Å². The fourth-order valence-corrected chi connectivity index (χ4v) is 2.59. The molecule has 3 rings (SSSR count). The van der Waals surface area contributed by atoms with E-state index in [0.29, 0.717) is 22.6 Å². The van der Waals surface area contributed by atoms with Crippen molar-refractivity contribution in [3.05, 3.63) is 59.7 Å². The van der Waals surface area contributed by atoms with Crippen LogP contribution in [0, 0.1) is 5.92 Å². The molecule has 0 bridgehead atoms. The van der Waals surface area contributed by atoms with Crippen LogP contribution in [0.1, 0.15) is 35.2 Å². The summed E-state index contributed by atoms with van der Waals surface area (Å²) in [7, 11) is 1.59. The van der Waals surface area contributed by atoms with Crippen molar-refractivity contribution in [3.8, 4) is 5.75 Å². The number of anilines is 1. The van der Waals surface area contributed by atoms with E-state index in [2.05, 4.69) is 5.32 Å². The van der Waals surface area contributed by atoms with Crippen LogP contribution in [0.2, 0.25) is 0 Å². The highest BCUT2D eigenvalue weighted by Crippen LogP contribution is 2.28. The number of methoxy groups -OCH3 is 1. The number of nitrogens with one attached hydrogen (secondary N) is 1. The third kappa shape index (κ3) is 3.26. The first kappa shape index (κ1) is 15.3. The molecule has 2 aromatic rings. The average molecular weight is 309 g/mol. The van der Waals surface area contributed by atoms with Gasteiger partial charge in [-0.2, -0.15) is 0 Å². The van der Waals surface area contributed by atoms with Gasteiger partial charge >= 0.3 is 0 Å². The largest absolute Gasteiger partial charge is 0.497 e. The smallest absolute Gasteiger partial charge is 0.227 e. The van der Waals surface area contributed by atoms with Crippen molar-refractivity contribution in [2.75, 3.05) is 12.4 Å². The molecule has 0 saturated heterocycles. The number of hydrogen-bond donors (Lipinski definition) is 1. The topological polar surface area (TPSA) is 55.4 Å². The number of rotatable bonds is 5. The molecule has 1 saturated carbocycles. The predicted molar refractivity (Wildman–Crippen MR) is 88.8 cm³/mol. The standard InChI is InChI=1S/C19H19NO3/c1-23-15-11-9-13(10-12-15)18(21)16-7-2-3-8-17(16)20-19(22)14-5-4-6-14/h2-3,7-12,14H,4-6H2,1H3,(H,20,22). The summed E-state index contributed by atoms with van der Waals surface area (Å²) in [5.41, 5.74) is 1.65. The van der Waals surface area contributed by atoms with Crippen molar-refractivity contribution in [1.82, 2.24) is 0 Å². The zero-order valence-electron chi connectivity index (χ0n) is 13.0. The zero-order chi connectivity index (χ0) is 16.2. The zero-order valence-corrected chi connectivity index (χ0v) is 13.0. The van der Waals surface area contributed by atoms with E-state index in [4.69, 9.17) is 4.74 Å². The second-order valence-electron chi connectivity index (χ2n) is 5.72. The van der Waals surface area contributed by atoms with Gasteiger partial charge in [0.2, 0.25) is 5.91 Å². The molecule has 0 heterocycles. The van der Waals surface area contributed by atoms with E-state index >= 15 is 0 Å². The molecule has 4 heteroatoms. The molecule has 1 fully saturated rings. The first-order valence-corrected chi connectivity index (χ1v) is 7.77. The van der Waals surface area contributed by atoms with Crippen LogP contribution in [0.3, 0.4) is 0 Å². The summed E-state index contributed by atoms with van der Waals surface area (Å²) in [5, 5.41) is 2.90. The highest BCUT2D eigenvalue weighted by molar-refractivity contribution is 6.14. The highest BCUT2D eigenvalue weighted by atomic mass is 16.5. The number of carbonyl (C=O) groups excluding carboxylic acids is 2. The molecule has 0 aliphatic heterocycles. The number of ether oxygens (including phenoxy) is 1. The number of carbonyl (C=O) groups is 2. The fourth-order valence-electron chi connectivity index (χ4n) is 2.59. The Hall–Kier alpha value is -2.62. The SMILES string of the molecule is COc1ccc(C(=O)c2ccccc2NC(=O)C2CCC2)cc1. The molecular formula is C19H19NO3. The van der Waals surface area contributed by atoms with Gasteiger partial charge in [-0.3, -0.25) is 9.59 Å². The third-order valence-electron chi connectivity index (χ3n) is 4.26. The Kier molecular flexibility index (Phi) is 4.42. The summed E-state index contributed by atoms with van der Waals surface area (Å²) in [6.45, 7) is 0. The van der Waals surface area contributed by atoms with Gasteiger partial charge in [-0.15, -0.1) is 0 Å². The van der Waals surface area contributed by atoms with E-state index in [1.807, 2.05) is 6.07 Å². The molecule has 4 nitrogen and oxygen atoms in total. The molecule has 0 unspecified atom stereocenters. The van der Waals surface area contributed by atoms with Gasteiger partial charge in [0.1, 0.15) is 5.75 Å². The number of para-hydroxylation sites is 1. The van der Waals surface area contributed by atoms with Crippen LogP contribution in [0.25, 0.3) is 0 Å². The minimum Gasteiger partial charge on any atom is -0.497 e. The van der Waals surface area contributed by atoms with Gasteiger partial charge in [-0.25, -0.2) is 0 Å². The van der Waals surface area contributed by atoms with Crippen molar-refractivity contribution in [3.63, 3.8) is 0 Å². The maximum atomic E-state index is 12.7. The molecule has 0 radical (unpaired) electrons. The van der Waals surface area contributed by atoms with Gasteiger partial charge in [-0.05, 0) is 49.2 Å². The molecule has 0 spiro atoms. The third-order valence-corrected chi connectivity index (χ3v) is 4.26. The number of hydrogen-bond acceptors (Lipinski definition) is 3. The maximum absolute atomic E-state index is 12.7. The number of ketones is 1. The molecule has 2 aromatic carbocycles. The van der Waals surface area contributed by atoms with E-state index in [1.54, 1.807) is 49.6 Å². The molecule has 1 aliphatic rings. The summed E-state index contributed by atoms with van der Waals surface area (Å²) in [6.07, 6.45) is 2.96. The first-order chi connectivity index (χ1) is 11.2. The molecule has 23 heavy (non-hydrogen) atoms. The quantitative estimate of drug-likeness (QED) is 0.857. The van der Waals surface area contributed by atoms with Crippen molar-refractivity contribution >= 4 is 17.4 Å². The van der Waals surface area contributed by atoms with Crippen LogP contribution >= 0.6 is 0 Å². The second-order valence-corrected chi connectivity index (χ2v) is 5.72. The first-order valence-electron chi connectivity index (χ1n) is 7.77. The van der Waals surface area contributed by atoms with Crippen molar-refractivity contribution < 1.29 is 14.3 Å². The average Bonchev–Trinajstić information content (AvgIpc) is 2.53. The van der Waals surface area contributed by atoms with E-state index in [-0.39, 0.29) is 17.6 Å². The lowest BCUT2D eigenvalue weighted by Gasteiger charge is -2.24. The summed E-state index contributed by atoms with van der Waals surface area (Å²) in [4.78, 5) is 24.9. The van der Waals surface area contributed by atoms with Gasteiger partial charge in [-0.1, -0.05) is 18.6 Å². The van der Waals surface area contributed by atoms with Crippen molar-refractivity contribution in [2.24, 2.45) is 5.92 Å². The van der Waals surface area contributed by atoms with Gasteiger partial charge < -0.3 is 10.1 Å². The van der Waals surface area contributed by atoms with Crippen LogP contribution in [-0.2, 0) is 4.79 Å². The predicted octanol–water partition coefficient (Wildman–Crippen LogP) is 3.66. The van der Waals surface area contributed by atoms with Crippen LogP contribution in [0.15, 0.2) is 48.5 Å². The maximum Gasteiger partial charge on any atom is 0.227 e. The van der Waals surface area contributed by atoms with E-state index in [1.165, 1.54) is 0 Å².